The molecule has 0 saturated carbocycles. The summed E-state index contributed by atoms with van der Waals surface area (Å²) in [6.45, 7) is 0.514. The molecule has 3 aromatic heterocycles. The smallest absolute Gasteiger partial charge is 0.226 e. The van der Waals surface area contributed by atoms with Crippen molar-refractivity contribution in [3.8, 4) is 10.8 Å². The number of hydrogen-bond donors (Lipinski definition) is 2. The summed E-state index contributed by atoms with van der Waals surface area (Å²) in [5, 5.41) is 6.98. The quantitative estimate of drug-likeness (QED) is 0.367. The van der Waals surface area contributed by atoms with Crippen LogP contribution in [0.15, 0.2) is 89.0 Å². The van der Waals surface area contributed by atoms with Gasteiger partial charge in [0.1, 0.15) is 0 Å². The van der Waals surface area contributed by atoms with Gasteiger partial charge in [-0.3, -0.25) is 4.79 Å². The summed E-state index contributed by atoms with van der Waals surface area (Å²) in [5.41, 5.74) is 4.19. The number of aromatic amines is 1. The van der Waals surface area contributed by atoms with Gasteiger partial charge in [-0.05, 0) is 29.3 Å². The van der Waals surface area contributed by atoms with E-state index < -0.39 is 0 Å². The molecule has 5 rings (SSSR count). The molecule has 2 aromatic carbocycles. The van der Waals surface area contributed by atoms with Crippen LogP contribution in [0, 0.1) is 0 Å². The number of thiazole rings is 1. The van der Waals surface area contributed by atoms with Crippen molar-refractivity contribution in [2.24, 2.45) is 0 Å². The molecule has 0 fully saturated rings. The summed E-state index contributed by atoms with van der Waals surface area (Å²) in [5.74, 6) is 0.729. The Labute approximate surface area is 183 Å². The number of H-pyrrole nitrogens is 1. The lowest BCUT2D eigenvalue weighted by atomic mass is 9.91. The number of nitrogens with one attached hydrogen (secondary N) is 2. The molecule has 0 spiro atoms. The number of nitrogens with zero attached hydrogens (tertiary/aromatic N) is 1. The minimum absolute atomic E-state index is 0.0444. The van der Waals surface area contributed by atoms with Gasteiger partial charge in [0.2, 0.25) is 5.91 Å². The normalized spacial score (nSPS) is 12.1. The Hall–Kier alpha value is -3.64. The molecule has 3 heterocycles. The Morgan fingerprint density at radius 3 is 2.74 bits per heavy atom. The van der Waals surface area contributed by atoms with E-state index in [-0.39, 0.29) is 18.2 Å². The molecule has 2 N–H and O–H groups in total. The fraction of sp³-hybridized carbons (Fsp3) is 0.120. The van der Waals surface area contributed by atoms with Gasteiger partial charge >= 0.3 is 0 Å². The minimum Gasteiger partial charge on any atom is -0.462 e. The van der Waals surface area contributed by atoms with E-state index in [1.807, 2.05) is 54.0 Å². The molecule has 0 bridgehead atoms. The number of carbonyl (C=O) groups excluding carboxylic acids is 1. The van der Waals surface area contributed by atoms with Crippen LogP contribution in [0.25, 0.3) is 21.7 Å². The SMILES string of the molecule is O=C(Cc1csc(-c2ccco2)n1)NCC(c1ccccc1)c1c[nH]c2ccccc12. The third-order valence-electron chi connectivity index (χ3n) is 5.33. The predicted octanol–water partition coefficient (Wildman–Crippen LogP) is 5.38. The van der Waals surface area contributed by atoms with Crippen LogP contribution in [-0.2, 0) is 11.2 Å². The second-order valence-corrected chi connectivity index (χ2v) is 8.21. The lowest BCUT2D eigenvalue weighted by Gasteiger charge is -2.18. The Balaban J connectivity index is 1.32. The van der Waals surface area contributed by atoms with E-state index in [1.54, 1.807) is 6.26 Å². The molecule has 5 nitrogen and oxygen atoms in total. The Kier molecular flexibility index (Phi) is 5.37. The van der Waals surface area contributed by atoms with Crippen LogP contribution in [0.3, 0.4) is 0 Å². The summed E-state index contributed by atoms with van der Waals surface area (Å²) in [4.78, 5) is 20.6. The van der Waals surface area contributed by atoms with Crippen molar-refractivity contribution in [3.63, 3.8) is 0 Å². The third-order valence-corrected chi connectivity index (χ3v) is 6.23. The molecule has 0 radical (unpaired) electrons. The molecule has 31 heavy (non-hydrogen) atoms. The van der Waals surface area contributed by atoms with Crippen LogP contribution in [0.5, 0.6) is 0 Å². The zero-order valence-corrected chi connectivity index (χ0v) is 17.6. The van der Waals surface area contributed by atoms with Gasteiger partial charge in [-0.1, -0.05) is 48.5 Å². The molecule has 1 amide bonds. The summed E-state index contributed by atoms with van der Waals surface area (Å²) in [6.07, 6.45) is 3.91. The first-order chi connectivity index (χ1) is 15.3. The van der Waals surface area contributed by atoms with Crippen molar-refractivity contribution in [3.05, 3.63) is 101 Å². The fourth-order valence-corrected chi connectivity index (χ4v) is 4.61. The van der Waals surface area contributed by atoms with Crippen LogP contribution in [0.4, 0.5) is 0 Å². The first kappa shape index (κ1) is 19.3. The van der Waals surface area contributed by atoms with Crippen LogP contribution >= 0.6 is 11.3 Å². The van der Waals surface area contributed by atoms with Crippen molar-refractivity contribution in [2.75, 3.05) is 6.54 Å². The lowest BCUT2D eigenvalue weighted by Crippen LogP contribution is -2.30. The number of fused-ring (bicyclic) bond motifs is 1. The largest absolute Gasteiger partial charge is 0.462 e. The van der Waals surface area contributed by atoms with E-state index >= 15 is 0 Å². The summed E-state index contributed by atoms with van der Waals surface area (Å²) < 4.78 is 5.39. The highest BCUT2D eigenvalue weighted by molar-refractivity contribution is 7.13. The van der Waals surface area contributed by atoms with Crippen LogP contribution in [0.1, 0.15) is 22.7 Å². The van der Waals surface area contributed by atoms with Gasteiger partial charge in [-0.15, -0.1) is 11.3 Å². The molecule has 1 unspecified atom stereocenters. The zero-order valence-electron chi connectivity index (χ0n) is 16.7. The molecule has 0 saturated heterocycles. The number of amides is 1. The highest BCUT2D eigenvalue weighted by atomic mass is 32.1. The van der Waals surface area contributed by atoms with E-state index in [1.165, 1.54) is 27.8 Å². The van der Waals surface area contributed by atoms with Crippen molar-refractivity contribution < 1.29 is 9.21 Å². The second-order valence-electron chi connectivity index (χ2n) is 7.36. The first-order valence-electron chi connectivity index (χ1n) is 10.1. The number of rotatable bonds is 7. The van der Waals surface area contributed by atoms with Gasteiger partial charge in [0, 0.05) is 34.9 Å². The van der Waals surface area contributed by atoms with Gasteiger partial charge in [0.15, 0.2) is 10.8 Å². The van der Waals surface area contributed by atoms with Crippen LogP contribution in [0.2, 0.25) is 0 Å². The molecule has 0 aliphatic carbocycles. The van der Waals surface area contributed by atoms with E-state index in [9.17, 15) is 4.79 Å². The lowest BCUT2D eigenvalue weighted by molar-refractivity contribution is -0.120. The molecular weight excluding hydrogens is 406 g/mol. The average molecular weight is 428 g/mol. The third kappa shape index (κ3) is 4.15. The number of hydrogen-bond acceptors (Lipinski definition) is 4. The van der Waals surface area contributed by atoms with Crippen molar-refractivity contribution in [1.82, 2.24) is 15.3 Å². The molecular formula is C25H21N3O2S. The highest BCUT2D eigenvalue weighted by Crippen LogP contribution is 2.30. The zero-order chi connectivity index (χ0) is 21.0. The molecule has 1 atom stereocenters. The Morgan fingerprint density at radius 1 is 1.06 bits per heavy atom. The number of carbonyl (C=O) groups is 1. The summed E-state index contributed by atoms with van der Waals surface area (Å²) >= 11 is 1.48. The van der Waals surface area contributed by atoms with Crippen molar-refractivity contribution in [2.45, 2.75) is 12.3 Å². The van der Waals surface area contributed by atoms with E-state index in [0.29, 0.717) is 6.54 Å². The van der Waals surface area contributed by atoms with Gasteiger partial charge in [-0.25, -0.2) is 4.98 Å². The van der Waals surface area contributed by atoms with Gasteiger partial charge < -0.3 is 14.7 Å². The van der Waals surface area contributed by atoms with Gasteiger partial charge in [0.05, 0.1) is 18.4 Å². The van der Waals surface area contributed by atoms with Crippen LogP contribution in [-0.4, -0.2) is 22.4 Å². The van der Waals surface area contributed by atoms with Crippen molar-refractivity contribution >= 4 is 28.1 Å². The van der Waals surface area contributed by atoms with Gasteiger partial charge in [-0.2, -0.15) is 0 Å². The summed E-state index contributed by atoms with van der Waals surface area (Å²) in [6, 6.07) is 22.2. The van der Waals surface area contributed by atoms with Crippen LogP contribution < -0.4 is 5.32 Å². The fourth-order valence-electron chi connectivity index (χ4n) is 3.82. The second kappa shape index (κ2) is 8.62. The monoisotopic (exact) mass is 427 g/mol. The maximum atomic E-state index is 12.7. The summed E-state index contributed by atoms with van der Waals surface area (Å²) in [7, 11) is 0. The maximum Gasteiger partial charge on any atom is 0.226 e. The Bertz CT molecular complexity index is 1290. The number of para-hydroxylation sites is 1. The molecule has 0 aliphatic rings. The van der Waals surface area contributed by atoms with E-state index in [0.717, 1.165) is 22.0 Å². The minimum atomic E-state index is -0.0444. The number of aromatic nitrogens is 2. The molecule has 154 valence electrons. The molecule has 5 aromatic rings. The highest BCUT2D eigenvalue weighted by Gasteiger charge is 2.19. The Morgan fingerprint density at radius 2 is 1.90 bits per heavy atom. The topological polar surface area (TPSA) is 70.9 Å². The predicted molar refractivity (Wildman–Crippen MR) is 123 cm³/mol. The molecule has 0 aliphatic heterocycles. The first-order valence-corrected chi connectivity index (χ1v) is 11.0. The number of furan rings is 1. The molecule has 6 heteroatoms. The maximum absolute atomic E-state index is 12.7. The van der Waals surface area contributed by atoms with E-state index in [2.05, 4.69) is 39.6 Å². The standard InChI is InChI=1S/C25H21N3O2S/c29-24(13-18-16-31-25(28-18)23-11-6-12-30-23)27-14-20(17-7-2-1-3-8-17)21-15-26-22-10-5-4-9-19(21)22/h1-12,15-16,20,26H,13-14H2,(H,27,29). The van der Waals surface area contributed by atoms with Gasteiger partial charge in [0.25, 0.3) is 0 Å². The van der Waals surface area contributed by atoms with E-state index in [4.69, 9.17) is 4.42 Å². The average Bonchev–Trinajstić information content (AvgIpc) is 3.56. The number of benzene rings is 2. The van der Waals surface area contributed by atoms with Crippen molar-refractivity contribution in [1.29, 1.82) is 0 Å².